The van der Waals surface area contributed by atoms with Crippen LogP contribution in [0.15, 0.2) is 133 Å². The van der Waals surface area contributed by atoms with Crippen LogP contribution in [-0.2, 0) is 0 Å². The molecule has 0 unspecified atom stereocenters. The van der Waals surface area contributed by atoms with Crippen molar-refractivity contribution in [3.8, 4) is 22.3 Å². The third-order valence-electron chi connectivity index (χ3n) is 6.66. The number of benzene rings is 5. The van der Waals surface area contributed by atoms with Gasteiger partial charge in [0.25, 0.3) is 0 Å². The third kappa shape index (κ3) is 4.76. The third-order valence-corrected chi connectivity index (χ3v) is 6.66. The zero-order valence-electron chi connectivity index (χ0n) is 21.0. The fourth-order valence-corrected chi connectivity index (χ4v) is 4.94. The van der Waals surface area contributed by atoms with Crippen molar-refractivity contribution in [1.82, 2.24) is 0 Å². The lowest BCUT2D eigenvalue weighted by molar-refractivity contribution is 1.01. The van der Waals surface area contributed by atoms with Gasteiger partial charge in [0.05, 0.1) is 0 Å². The van der Waals surface area contributed by atoms with Gasteiger partial charge in [-0.05, 0) is 61.4 Å². The zero-order chi connectivity index (χ0) is 24.7. The molecule has 0 amide bonds. The molecule has 0 aliphatic heterocycles. The van der Waals surface area contributed by atoms with E-state index in [0.717, 1.165) is 13.1 Å². The minimum Gasteiger partial charge on any atom is -0.341 e. The second-order valence-corrected chi connectivity index (χ2v) is 8.77. The van der Waals surface area contributed by atoms with E-state index in [1.54, 1.807) is 0 Å². The Morgan fingerprint density at radius 2 is 0.722 bits per heavy atom. The number of rotatable bonds is 8. The smallest absolute Gasteiger partial charge is 0.0490 e. The van der Waals surface area contributed by atoms with E-state index in [1.807, 2.05) is 0 Å². The molecule has 0 aromatic heterocycles. The van der Waals surface area contributed by atoms with Gasteiger partial charge in [-0.2, -0.15) is 0 Å². The van der Waals surface area contributed by atoms with Gasteiger partial charge in [0.15, 0.2) is 0 Å². The van der Waals surface area contributed by atoms with E-state index >= 15 is 0 Å². The van der Waals surface area contributed by atoms with E-state index in [1.165, 1.54) is 45.0 Å². The molecule has 0 bridgehead atoms. The quantitative estimate of drug-likeness (QED) is 0.224. The highest BCUT2D eigenvalue weighted by atomic mass is 15.1. The van der Waals surface area contributed by atoms with Gasteiger partial charge < -0.3 is 9.80 Å². The molecule has 0 N–H and O–H groups in total. The molecular weight excluding hydrogens is 436 g/mol. The van der Waals surface area contributed by atoms with Crippen LogP contribution in [0.25, 0.3) is 22.3 Å². The molecule has 0 spiro atoms. The maximum atomic E-state index is 2.39. The molecule has 5 aromatic carbocycles. The van der Waals surface area contributed by atoms with Crippen molar-refractivity contribution >= 4 is 22.7 Å². The molecule has 0 saturated carbocycles. The molecule has 5 aromatic rings. The number of para-hydroxylation sites is 2. The molecule has 0 radical (unpaired) electrons. The van der Waals surface area contributed by atoms with Gasteiger partial charge in [-0.3, -0.25) is 0 Å². The van der Waals surface area contributed by atoms with E-state index in [-0.39, 0.29) is 0 Å². The predicted octanol–water partition coefficient (Wildman–Crippen LogP) is 9.34. The standard InChI is InChI=1S/C34H32N2/c1-3-35(33-21-13-11-19-31(33)27-15-7-5-8-16-27)29-23-25-30(26-24-29)36(4-2)34-22-14-12-20-32(34)28-17-9-6-10-18-28/h5-26H,3-4H2,1-2H3. The van der Waals surface area contributed by atoms with Gasteiger partial charge in [-0.25, -0.2) is 0 Å². The Bertz CT molecular complexity index is 1280. The molecule has 5 rings (SSSR count). The van der Waals surface area contributed by atoms with Crippen molar-refractivity contribution in [2.75, 3.05) is 22.9 Å². The van der Waals surface area contributed by atoms with E-state index in [0.29, 0.717) is 0 Å². The lowest BCUT2D eigenvalue weighted by atomic mass is 10.0. The summed E-state index contributed by atoms with van der Waals surface area (Å²) in [6.07, 6.45) is 0. The first-order chi connectivity index (χ1) is 17.8. The van der Waals surface area contributed by atoms with Crippen LogP contribution in [0, 0.1) is 0 Å². The number of anilines is 4. The van der Waals surface area contributed by atoms with E-state index in [9.17, 15) is 0 Å². The van der Waals surface area contributed by atoms with Crippen molar-refractivity contribution < 1.29 is 0 Å². The van der Waals surface area contributed by atoms with Gasteiger partial charge in [0, 0.05) is 47.0 Å². The highest BCUT2D eigenvalue weighted by Crippen LogP contribution is 2.38. The van der Waals surface area contributed by atoms with Crippen LogP contribution in [-0.4, -0.2) is 13.1 Å². The minimum atomic E-state index is 0.886. The van der Waals surface area contributed by atoms with Gasteiger partial charge in [0.1, 0.15) is 0 Å². The molecular formula is C34H32N2. The number of hydrogen-bond donors (Lipinski definition) is 0. The van der Waals surface area contributed by atoms with Crippen molar-refractivity contribution in [3.05, 3.63) is 133 Å². The van der Waals surface area contributed by atoms with Crippen molar-refractivity contribution in [2.45, 2.75) is 13.8 Å². The molecule has 178 valence electrons. The molecule has 36 heavy (non-hydrogen) atoms. The summed E-state index contributed by atoms with van der Waals surface area (Å²) in [4.78, 5) is 4.78. The topological polar surface area (TPSA) is 6.48 Å². The number of hydrogen-bond acceptors (Lipinski definition) is 2. The summed E-state index contributed by atoms with van der Waals surface area (Å²) < 4.78 is 0. The lowest BCUT2D eigenvalue weighted by Gasteiger charge is -2.29. The van der Waals surface area contributed by atoms with Crippen LogP contribution in [0.4, 0.5) is 22.7 Å². The van der Waals surface area contributed by atoms with Crippen molar-refractivity contribution in [2.24, 2.45) is 0 Å². The fraction of sp³-hybridized carbons (Fsp3) is 0.118. The first kappa shape index (κ1) is 23.4. The van der Waals surface area contributed by atoms with Gasteiger partial charge in [0.2, 0.25) is 0 Å². The van der Waals surface area contributed by atoms with E-state index in [4.69, 9.17) is 0 Å². The minimum absolute atomic E-state index is 0.886. The molecule has 0 aliphatic carbocycles. The summed E-state index contributed by atoms with van der Waals surface area (Å²) in [6, 6.07) is 47.6. The summed E-state index contributed by atoms with van der Waals surface area (Å²) in [7, 11) is 0. The molecule has 0 saturated heterocycles. The van der Waals surface area contributed by atoms with Crippen LogP contribution in [0.2, 0.25) is 0 Å². The van der Waals surface area contributed by atoms with Crippen molar-refractivity contribution in [3.63, 3.8) is 0 Å². The Morgan fingerprint density at radius 3 is 1.08 bits per heavy atom. The summed E-state index contributed by atoms with van der Waals surface area (Å²) in [6.45, 7) is 6.20. The fourth-order valence-electron chi connectivity index (χ4n) is 4.94. The molecule has 0 aliphatic rings. The average molecular weight is 469 g/mol. The average Bonchev–Trinajstić information content (AvgIpc) is 2.96. The molecule has 0 heterocycles. The highest BCUT2D eigenvalue weighted by Gasteiger charge is 2.16. The van der Waals surface area contributed by atoms with Gasteiger partial charge >= 0.3 is 0 Å². The van der Waals surface area contributed by atoms with E-state index < -0.39 is 0 Å². The van der Waals surface area contributed by atoms with Crippen LogP contribution in [0.1, 0.15) is 13.8 Å². The Labute approximate surface area is 215 Å². The highest BCUT2D eigenvalue weighted by molar-refractivity contribution is 5.84. The van der Waals surface area contributed by atoms with Gasteiger partial charge in [-0.15, -0.1) is 0 Å². The van der Waals surface area contributed by atoms with Crippen LogP contribution < -0.4 is 9.80 Å². The molecule has 0 fully saturated rings. The van der Waals surface area contributed by atoms with Gasteiger partial charge in [-0.1, -0.05) is 97.1 Å². The second kappa shape index (κ2) is 11.0. The normalized spacial score (nSPS) is 10.7. The van der Waals surface area contributed by atoms with Crippen molar-refractivity contribution in [1.29, 1.82) is 0 Å². The molecule has 2 nitrogen and oxygen atoms in total. The Balaban J connectivity index is 1.49. The Kier molecular flexibility index (Phi) is 7.14. The Hall–Kier alpha value is -4.30. The first-order valence-corrected chi connectivity index (χ1v) is 12.7. The largest absolute Gasteiger partial charge is 0.341 e. The Morgan fingerprint density at radius 1 is 0.389 bits per heavy atom. The summed E-state index contributed by atoms with van der Waals surface area (Å²) in [5.74, 6) is 0. The maximum absolute atomic E-state index is 2.39. The maximum Gasteiger partial charge on any atom is 0.0490 e. The van der Waals surface area contributed by atoms with E-state index in [2.05, 4.69) is 157 Å². The summed E-state index contributed by atoms with van der Waals surface area (Å²) >= 11 is 0. The monoisotopic (exact) mass is 468 g/mol. The molecule has 2 heteroatoms. The van der Waals surface area contributed by atoms with Crippen LogP contribution in [0.5, 0.6) is 0 Å². The molecule has 0 atom stereocenters. The summed E-state index contributed by atoms with van der Waals surface area (Å²) in [5, 5.41) is 0. The number of nitrogens with zero attached hydrogens (tertiary/aromatic N) is 2. The lowest BCUT2D eigenvalue weighted by Crippen LogP contribution is -2.19. The first-order valence-electron chi connectivity index (χ1n) is 12.7. The second-order valence-electron chi connectivity index (χ2n) is 8.77. The summed E-state index contributed by atoms with van der Waals surface area (Å²) in [5.41, 5.74) is 9.79. The predicted molar refractivity (Wildman–Crippen MR) is 156 cm³/mol. The van der Waals surface area contributed by atoms with Crippen LogP contribution in [0.3, 0.4) is 0 Å². The van der Waals surface area contributed by atoms with Crippen LogP contribution >= 0.6 is 0 Å². The SMILES string of the molecule is CCN(c1ccc(N(CC)c2ccccc2-c2ccccc2)cc1)c1ccccc1-c1ccccc1. The zero-order valence-corrected chi connectivity index (χ0v) is 21.0.